The fourth-order valence-corrected chi connectivity index (χ4v) is 2.46. The first-order valence-corrected chi connectivity index (χ1v) is 6.28. The number of nitrogens with zero attached hydrogens (tertiary/aromatic N) is 4. The summed E-state index contributed by atoms with van der Waals surface area (Å²) in [5.41, 5.74) is 0.893. The monoisotopic (exact) mass is 273 g/mol. The van der Waals surface area contributed by atoms with Crippen LogP contribution in [0.2, 0.25) is 0 Å². The van der Waals surface area contributed by atoms with Crippen molar-refractivity contribution in [1.29, 1.82) is 0 Å². The number of hydrogen-bond acceptors (Lipinski definition) is 3. The van der Waals surface area contributed by atoms with Crippen molar-refractivity contribution in [3.05, 3.63) is 35.9 Å². The third-order valence-corrected chi connectivity index (χ3v) is 3.56. The van der Waals surface area contributed by atoms with Crippen LogP contribution in [-0.4, -0.2) is 59.5 Å². The first kappa shape index (κ1) is 12.5. The Labute approximate surface area is 116 Å². The topological polar surface area (TPSA) is 68.2 Å². The van der Waals surface area contributed by atoms with Gasteiger partial charge in [-0.25, -0.2) is 9.59 Å². The second kappa shape index (κ2) is 4.52. The average Bonchev–Trinajstić information content (AvgIpc) is 2.89. The van der Waals surface area contributed by atoms with Crippen LogP contribution >= 0.6 is 0 Å². The van der Waals surface area contributed by atoms with E-state index in [1.54, 1.807) is 20.3 Å². The highest BCUT2D eigenvalue weighted by Gasteiger charge is 2.52. The largest absolute Gasteiger partial charge is 0.341 e. The summed E-state index contributed by atoms with van der Waals surface area (Å²) in [6, 6.07) is 9.04. The van der Waals surface area contributed by atoms with Crippen molar-refractivity contribution in [2.45, 2.75) is 12.3 Å². The maximum absolute atomic E-state index is 11.9. The van der Waals surface area contributed by atoms with Crippen molar-refractivity contribution >= 4 is 18.3 Å². The van der Waals surface area contributed by atoms with Gasteiger partial charge in [0, 0.05) is 14.1 Å². The van der Waals surface area contributed by atoms with E-state index >= 15 is 0 Å². The van der Waals surface area contributed by atoms with Crippen molar-refractivity contribution in [2.75, 3.05) is 14.1 Å². The second-order valence-electron chi connectivity index (χ2n) is 4.81. The third-order valence-electron chi connectivity index (χ3n) is 3.56. The highest BCUT2D eigenvalue weighted by Crippen LogP contribution is 2.26. The standard InChI is InChI=1S/C13H15N5O2/c1-16-10-11(17(2)13(16)20)18(12(19)15-10)14-8-9-6-4-3-5-7-9/h3-8,10-11H,1-2H3,(H,15,19). The fourth-order valence-electron chi connectivity index (χ4n) is 2.46. The summed E-state index contributed by atoms with van der Waals surface area (Å²) >= 11 is 0. The Kier molecular flexibility index (Phi) is 2.81. The quantitative estimate of drug-likeness (QED) is 0.806. The normalized spacial score (nSPS) is 25.6. The van der Waals surface area contributed by atoms with Gasteiger partial charge in [-0.1, -0.05) is 30.3 Å². The molecule has 7 nitrogen and oxygen atoms in total. The molecule has 2 saturated heterocycles. The number of carbonyl (C=O) groups excluding carboxylic acids is 2. The lowest BCUT2D eigenvalue weighted by Crippen LogP contribution is -2.41. The molecule has 2 unspecified atom stereocenters. The van der Waals surface area contributed by atoms with E-state index in [-0.39, 0.29) is 18.2 Å². The summed E-state index contributed by atoms with van der Waals surface area (Å²) in [5.74, 6) is 0. The van der Waals surface area contributed by atoms with Gasteiger partial charge in [-0.05, 0) is 5.56 Å². The molecule has 2 atom stereocenters. The van der Waals surface area contributed by atoms with E-state index in [0.717, 1.165) is 5.56 Å². The Balaban J connectivity index is 1.85. The van der Waals surface area contributed by atoms with Gasteiger partial charge in [-0.2, -0.15) is 10.1 Å². The van der Waals surface area contributed by atoms with Crippen LogP contribution in [0.1, 0.15) is 5.56 Å². The summed E-state index contributed by atoms with van der Waals surface area (Å²) < 4.78 is 0. The first-order valence-electron chi connectivity index (χ1n) is 6.28. The Bertz CT molecular complexity index is 573. The van der Waals surface area contributed by atoms with Gasteiger partial charge in [0.05, 0.1) is 6.21 Å². The van der Waals surface area contributed by atoms with Crippen LogP contribution in [-0.2, 0) is 0 Å². The van der Waals surface area contributed by atoms with Gasteiger partial charge in [0.2, 0.25) is 0 Å². The zero-order valence-electron chi connectivity index (χ0n) is 11.2. The molecule has 1 N–H and O–H groups in total. The molecule has 1 aromatic carbocycles. The molecule has 0 saturated carbocycles. The molecule has 3 rings (SSSR count). The number of carbonyl (C=O) groups is 2. The molecule has 104 valence electrons. The van der Waals surface area contributed by atoms with Crippen LogP contribution in [0, 0.1) is 0 Å². The summed E-state index contributed by atoms with van der Waals surface area (Å²) in [6.07, 6.45) is 0.825. The molecule has 2 aliphatic rings. The maximum atomic E-state index is 11.9. The number of amides is 4. The fraction of sp³-hybridized carbons (Fsp3) is 0.308. The van der Waals surface area contributed by atoms with E-state index in [1.807, 2.05) is 30.3 Å². The Morgan fingerprint density at radius 2 is 1.85 bits per heavy atom. The van der Waals surface area contributed by atoms with E-state index in [0.29, 0.717) is 0 Å². The van der Waals surface area contributed by atoms with Crippen LogP contribution in [0.5, 0.6) is 0 Å². The van der Waals surface area contributed by atoms with E-state index in [1.165, 1.54) is 14.8 Å². The van der Waals surface area contributed by atoms with Crippen molar-refractivity contribution in [1.82, 2.24) is 20.1 Å². The zero-order chi connectivity index (χ0) is 14.3. The number of urea groups is 2. The van der Waals surface area contributed by atoms with Crippen LogP contribution in [0.25, 0.3) is 0 Å². The van der Waals surface area contributed by atoms with Gasteiger partial charge in [0.25, 0.3) is 0 Å². The highest BCUT2D eigenvalue weighted by atomic mass is 16.2. The minimum Gasteiger partial charge on any atom is -0.312 e. The molecule has 20 heavy (non-hydrogen) atoms. The van der Waals surface area contributed by atoms with Gasteiger partial charge in [0.15, 0.2) is 6.17 Å². The summed E-state index contributed by atoms with van der Waals surface area (Å²) in [7, 11) is 3.32. The molecule has 0 aromatic heterocycles. The van der Waals surface area contributed by atoms with E-state index in [2.05, 4.69) is 10.4 Å². The van der Waals surface area contributed by atoms with Gasteiger partial charge < -0.3 is 15.1 Å². The van der Waals surface area contributed by atoms with Gasteiger partial charge in [-0.3, -0.25) is 0 Å². The number of hydrazone groups is 1. The molecule has 7 heteroatoms. The Morgan fingerprint density at radius 3 is 2.55 bits per heavy atom. The van der Waals surface area contributed by atoms with Crippen molar-refractivity contribution < 1.29 is 9.59 Å². The molecule has 0 spiro atoms. The van der Waals surface area contributed by atoms with Crippen LogP contribution < -0.4 is 5.32 Å². The maximum Gasteiger partial charge on any atom is 0.341 e. The second-order valence-corrected chi connectivity index (χ2v) is 4.81. The summed E-state index contributed by atoms with van der Waals surface area (Å²) in [4.78, 5) is 26.8. The minimum atomic E-state index is -0.417. The van der Waals surface area contributed by atoms with Crippen LogP contribution in [0.4, 0.5) is 9.59 Å². The van der Waals surface area contributed by atoms with E-state index < -0.39 is 6.17 Å². The summed E-state index contributed by atoms with van der Waals surface area (Å²) in [5, 5.41) is 8.27. The van der Waals surface area contributed by atoms with Gasteiger partial charge in [-0.15, -0.1) is 0 Å². The number of fused-ring (bicyclic) bond motifs is 1. The number of likely N-dealkylation sites (N-methyl/N-ethyl adjacent to an activating group) is 2. The zero-order valence-corrected chi connectivity index (χ0v) is 11.2. The van der Waals surface area contributed by atoms with Crippen LogP contribution in [0.15, 0.2) is 35.4 Å². The molecule has 1 aromatic rings. The van der Waals surface area contributed by atoms with Crippen molar-refractivity contribution in [3.8, 4) is 0 Å². The average molecular weight is 273 g/mol. The predicted molar refractivity (Wildman–Crippen MR) is 72.9 cm³/mol. The van der Waals surface area contributed by atoms with E-state index in [4.69, 9.17) is 0 Å². The lowest BCUT2D eigenvalue weighted by molar-refractivity contribution is 0.148. The number of rotatable bonds is 2. The molecule has 2 heterocycles. The molecule has 0 radical (unpaired) electrons. The third kappa shape index (κ3) is 1.78. The number of hydrogen-bond donors (Lipinski definition) is 1. The number of benzene rings is 1. The van der Waals surface area contributed by atoms with E-state index in [9.17, 15) is 9.59 Å². The SMILES string of the molecule is CN1C(=O)N(C)C2C1NC(=O)N2N=Cc1ccccc1. The molecule has 4 amide bonds. The lowest BCUT2D eigenvalue weighted by Gasteiger charge is -2.21. The lowest BCUT2D eigenvalue weighted by atomic mass is 10.2. The smallest absolute Gasteiger partial charge is 0.312 e. The van der Waals surface area contributed by atoms with Crippen molar-refractivity contribution in [3.63, 3.8) is 0 Å². The Hall–Kier alpha value is -2.57. The Morgan fingerprint density at radius 1 is 1.15 bits per heavy atom. The summed E-state index contributed by atoms with van der Waals surface area (Å²) in [6.45, 7) is 0. The van der Waals surface area contributed by atoms with Crippen LogP contribution in [0.3, 0.4) is 0 Å². The molecular weight excluding hydrogens is 258 g/mol. The molecular formula is C13H15N5O2. The predicted octanol–water partition coefficient (Wildman–Crippen LogP) is 0.695. The van der Waals surface area contributed by atoms with Crippen molar-refractivity contribution in [2.24, 2.45) is 5.10 Å². The molecule has 2 fully saturated rings. The first-order chi connectivity index (χ1) is 9.59. The highest BCUT2D eigenvalue weighted by molar-refractivity contribution is 5.86. The molecule has 0 aliphatic carbocycles. The molecule has 2 aliphatic heterocycles. The minimum absolute atomic E-state index is 0.139. The number of nitrogens with one attached hydrogen (secondary N) is 1. The van der Waals surface area contributed by atoms with Gasteiger partial charge >= 0.3 is 12.1 Å². The molecule has 0 bridgehead atoms. The van der Waals surface area contributed by atoms with Gasteiger partial charge in [0.1, 0.15) is 6.17 Å².